The molecule has 1 saturated heterocycles. The number of piperidine rings is 1. The van der Waals surface area contributed by atoms with Gasteiger partial charge in [-0.1, -0.05) is 18.5 Å². The van der Waals surface area contributed by atoms with E-state index in [1.54, 1.807) is 0 Å². The molecule has 0 amide bonds. The lowest BCUT2D eigenvalue weighted by Gasteiger charge is -2.44. The molecular formula is C15H22BrClN2. The number of halogens is 2. The summed E-state index contributed by atoms with van der Waals surface area (Å²) in [4.78, 5) is 2.47. The van der Waals surface area contributed by atoms with Crippen molar-refractivity contribution >= 4 is 33.2 Å². The van der Waals surface area contributed by atoms with Gasteiger partial charge in [0, 0.05) is 28.1 Å². The molecule has 1 aliphatic rings. The molecule has 4 heteroatoms. The Bertz CT molecular complexity index is 464. The topological polar surface area (TPSA) is 15.3 Å². The molecule has 3 atom stereocenters. The van der Waals surface area contributed by atoms with Gasteiger partial charge in [-0.05, 0) is 66.9 Å². The third kappa shape index (κ3) is 2.93. The van der Waals surface area contributed by atoms with E-state index in [1.165, 1.54) is 12.1 Å². The molecule has 1 aromatic rings. The monoisotopic (exact) mass is 344 g/mol. The normalized spacial score (nSPS) is 27.7. The van der Waals surface area contributed by atoms with Gasteiger partial charge in [0.05, 0.1) is 5.69 Å². The second-order valence-electron chi connectivity index (χ2n) is 5.53. The van der Waals surface area contributed by atoms with E-state index >= 15 is 0 Å². The minimum absolute atomic E-state index is 0.501. The molecule has 1 N–H and O–H groups in total. The number of aryl methyl sites for hydroxylation is 1. The SMILES string of the molecule is CNC1CCN(c2cc(Cl)c(C)cc2Br)C(C)C1C. The van der Waals surface area contributed by atoms with Crippen molar-refractivity contribution in [2.24, 2.45) is 5.92 Å². The number of nitrogens with zero attached hydrogens (tertiary/aromatic N) is 1. The first-order valence-electron chi connectivity index (χ1n) is 6.85. The number of nitrogens with one attached hydrogen (secondary N) is 1. The first-order valence-corrected chi connectivity index (χ1v) is 8.02. The molecule has 2 rings (SSSR count). The summed E-state index contributed by atoms with van der Waals surface area (Å²) in [5.41, 5.74) is 2.33. The zero-order valence-electron chi connectivity index (χ0n) is 12.0. The van der Waals surface area contributed by atoms with Crippen LogP contribution in [0.15, 0.2) is 16.6 Å². The van der Waals surface area contributed by atoms with Gasteiger partial charge < -0.3 is 10.2 Å². The van der Waals surface area contributed by atoms with Gasteiger partial charge in [-0.2, -0.15) is 0 Å². The van der Waals surface area contributed by atoms with Gasteiger partial charge in [-0.25, -0.2) is 0 Å². The van der Waals surface area contributed by atoms with Crippen molar-refractivity contribution in [3.8, 4) is 0 Å². The Hall–Kier alpha value is -0.250. The summed E-state index contributed by atoms with van der Waals surface area (Å²) in [6.07, 6.45) is 1.17. The number of benzene rings is 1. The van der Waals surface area contributed by atoms with Gasteiger partial charge in [0.2, 0.25) is 0 Å². The van der Waals surface area contributed by atoms with Crippen molar-refractivity contribution in [3.05, 3.63) is 27.2 Å². The van der Waals surface area contributed by atoms with Crippen molar-refractivity contribution in [2.45, 2.75) is 39.3 Å². The Labute approximate surface area is 129 Å². The van der Waals surface area contributed by atoms with E-state index in [0.717, 1.165) is 21.6 Å². The predicted molar refractivity (Wildman–Crippen MR) is 87.3 cm³/mol. The van der Waals surface area contributed by atoms with Crippen molar-refractivity contribution < 1.29 is 0 Å². The summed E-state index contributed by atoms with van der Waals surface area (Å²) in [6, 6.07) is 5.30. The Balaban J connectivity index is 2.30. The number of hydrogen-bond donors (Lipinski definition) is 1. The van der Waals surface area contributed by atoms with Crippen molar-refractivity contribution in [1.82, 2.24) is 5.32 Å². The molecule has 0 spiro atoms. The third-order valence-electron chi connectivity index (χ3n) is 4.48. The zero-order chi connectivity index (χ0) is 14.2. The molecule has 1 fully saturated rings. The van der Waals surface area contributed by atoms with Crippen LogP contribution in [-0.2, 0) is 0 Å². The molecule has 0 aromatic heterocycles. The smallest absolute Gasteiger partial charge is 0.0528 e. The molecule has 19 heavy (non-hydrogen) atoms. The van der Waals surface area contributed by atoms with Gasteiger partial charge in [0.1, 0.15) is 0 Å². The fourth-order valence-electron chi connectivity index (χ4n) is 2.97. The molecule has 0 saturated carbocycles. The number of anilines is 1. The molecule has 3 unspecified atom stereocenters. The van der Waals surface area contributed by atoms with Gasteiger partial charge in [0.15, 0.2) is 0 Å². The van der Waals surface area contributed by atoms with E-state index in [-0.39, 0.29) is 0 Å². The Kier molecular flexibility index (Phi) is 4.80. The van der Waals surface area contributed by atoms with Gasteiger partial charge in [-0.15, -0.1) is 0 Å². The average Bonchev–Trinajstić information content (AvgIpc) is 2.37. The lowest BCUT2D eigenvalue weighted by Crippen LogP contribution is -2.52. The maximum atomic E-state index is 6.29. The van der Waals surface area contributed by atoms with Crippen LogP contribution in [0, 0.1) is 12.8 Å². The molecule has 1 heterocycles. The van der Waals surface area contributed by atoms with Crippen molar-refractivity contribution in [2.75, 3.05) is 18.5 Å². The molecule has 106 valence electrons. The van der Waals surface area contributed by atoms with Crippen LogP contribution in [0.3, 0.4) is 0 Å². The molecule has 1 aromatic carbocycles. The lowest BCUT2D eigenvalue weighted by molar-refractivity contribution is 0.282. The highest BCUT2D eigenvalue weighted by molar-refractivity contribution is 9.10. The molecule has 0 radical (unpaired) electrons. The van der Waals surface area contributed by atoms with Gasteiger partial charge in [-0.3, -0.25) is 0 Å². The average molecular weight is 346 g/mol. The number of rotatable bonds is 2. The van der Waals surface area contributed by atoms with E-state index in [4.69, 9.17) is 11.6 Å². The van der Waals surface area contributed by atoms with Crippen LogP contribution in [0.4, 0.5) is 5.69 Å². The van der Waals surface area contributed by atoms with E-state index in [0.29, 0.717) is 18.0 Å². The summed E-state index contributed by atoms with van der Waals surface area (Å²) < 4.78 is 1.14. The van der Waals surface area contributed by atoms with E-state index in [9.17, 15) is 0 Å². The zero-order valence-corrected chi connectivity index (χ0v) is 14.3. The Morgan fingerprint density at radius 3 is 2.68 bits per heavy atom. The summed E-state index contributed by atoms with van der Waals surface area (Å²) in [5.74, 6) is 0.616. The van der Waals surface area contributed by atoms with Crippen LogP contribution in [0.1, 0.15) is 25.8 Å². The summed E-state index contributed by atoms with van der Waals surface area (Å²) in [7, 11) is 2.06. The van der Waals surface area contributed by atoms with E-state index in [1.807, 2.05) is 6.92 Å². The fraction of sp³-hybridized carbons (Fsp3) is 0.600. The van der Waals surface area contributed by atoms with Crippen LogP contribution in [0.2, 0.25) is 5.02 Å². The molecule has 0 aliphatic carbocycles. The fourth-order valence-corrected chi connectivity index (χ4v) is 3.81. The minimum atomic E-state index is 0.501. The second kappa shape index (κ2) is 6.02. The first-order chi connectivity index (χ1) is 8.95. The van der Waals surface area contributed by atoms with E-state index in [2.05, 4.69) is 59.2 Å². The van der Waals surface area contributed by atoms with Gasteiger partial charge in [0.25, 0.3) is 0 Å². The molecule has 2 nitrogen and oxygen atoms in total. The highest BCUT2D eigenvalue weighted by Gasteiger charge is 2.32. The summed E-state index contributed by atoms with van der Waals surface area (Å²) in [6.45, 7) is 7.72. The predicted octanol–water partition coefficient (Wildman–Crippen LogP) is 4.23. The van der Waals surface area contributed by atoms with Crippen LogP contribution >= 0.6 is 27.5 Å². The summed E-state index contributed by atoms with van der Waals surface area (Å²) >= 11 is 9.97. The van der Waals surface area contributed by atoms with Crippen LogP contribution in [0.25, 0.3) is 0 Å². The second-order valence-corrected chi connectivity index (χ2v) is 6.79. The largest absolute Gasteiger partial charge is 0.367 e. The summed E-state index contributed by atoms with van der Waals surface area (Å²) in [5, 5.41) is 4.27. The van der Waals surface area contributed by atoms with Crippen LogP contribution in [-0.4, -0.2) is 25.7 Å². The Morgan fingerprint density at radius 2 is 2.05 bits per heavy atom. The van der Waals surface area contributed by atoms with Gasteiger partial charge >= 0.3 is 0 Å². The van der Waals surface area contributed by atoms with Crippen LogP contribution in [0.5, 0.6) is 0 Å². The molecule has 0 bridgehead atoms. The quantitative estimate of drug-likeness (QED) is 0.862. The molecule has 1 aliphatic heterocycles. The maximum Gasteiger partial charge on any atom is 0.0528 e. The molecular weight excluding hydrogens is 324 g/mol. The van der Waals surface area contributed by atoms with Crippen molar-refractivity contribution in [3.63, 3.8) is 0 Å². The first kappa shape index (κ1) is 15.1. The van der Waals surface area contributed by atoms with Crippen molar-refractivity contribution in [1.29, 1.82) is 0 Å². The highest BCUT2D eigenvalue weighted by Crippen LogP contribution is 2.36. The third-order valence-corrected chi connectivity index (χ3v) is 5.52. The lowest BCUT2D eigenvalue weighted by atomic mass is 9.86. The van der Waals surface area contributed by atoms with Crippen LogP contribution < -0.4 is 10.2 Å². The Morgan fingerprint density at radius 1 is 1.37 bits per heavy atom. The number of hydrogen-bond acceptors (Lipinski definition) is 2. The maximum absolute atomic E-state index is 6.29. The minimum Gasteiger partial charge on any atom is -0.367 e. The van der Waals surface area contributed by atoms with E-state index < -0.39 is 0 Å². The highest BCUT2D eigenvalue weighted by atomic mass is 79.9. The standard InChI is InChI=1S/C15H22BrClN2/c1-9-7-12(16)15(8-13(9)17)19-6-5-14(18-4)10(2)11(19)3/h7-8,10-11,14,18H,5-6H2,1-4H3.